The summed E-state index contributed by atoms with van der Waals surface area (Å²) in [5.41, 5.74) is 5.27. The van der Waals surface area contributed by atoms with Gasteiger partial charge in [0.2, 0.25) is 10.0 Å². The molecule has 6 heteroatoms. The summed E-state index contributed by atoms with van der Waals surface area (Å²) >= 11 is 0. The van der Waals surface area contributed by atoms with Crippen LogP contribution in [0.2, 0.25) is 0 Å². The zero-order chi connectivity index (χ0) is 14.1. The Bertz CT molecular complexity index is 566. The lowest BCUT2D eigenvalue weighted by Crippen LogP contribution is -2.47. The van der Waals surface area contributed by atoms with E-state index in [-0.39, 0.29) is 10.6 Å². The predicted octanol–water partition coefficient (Wildman–Crippen LogP) is 2.41. The van der Waals surface area contributed by atoms with Crippen molar-refractivity contribution in [3.8, 4) is 0 Å². The smallest absolute Gasteiger partial charge is 0.244 e. The fourth-order valence-electron chi connectivity index (χ4n) is 2.54. The number of halogens is 1. The van der Waals surface area contributed by atoms with Gasteiger partial charge < -0.3 is 5.73 Å². The van der Waals surface area contributed by atoms with E-state index in [4.69, 9.17) is 5.73 Å². The van der Waals surface area contributed by atoms with Gasteiger partial charge in [0.05, 0.1) is 0 Å². The summed E-state index contributed by atoms with van der Waals surface area (Å²) in [6, 6.07) is 3.58. The number of hydrogen-bond acceptors (Lipinski definition) is 3. The molecule has 19 heavy (non-hydrogen) atoms. The van der Waals surface area contributed by atoms with Crippen molar-refractivity contribution in [2.24, 2.45) is 0 Å². The molecule has 1 aliphatic rings. The maximum atomic E-state index is 13.7. The Morgan fingerprint density at radius 2 is 1.89 bits per heavy atom. The van der Waals surface area contributed by atoms with Gasteiger partial charge in [0, 0.05) is 11.2 Å². The molecule has 1 fully saturated rings. The fourth-order valence-corrected chi connectivity index (χ4v) is 4.12. The van der Waals surface area contributed by atoms with Gasteiger partial charge >= 0.3 is 0 Å². The molecule has 4 nitrogen and oxygen atoms in total. The molecule has 0 saturated heterocycles. The molecule has 106 valence electrons. The van der Waals surface area contributed by atoms with E-state index in [0.29, 0.717) is 0 Å². The van der Waals surface area contributed by atoms with Crippen molar-refractivity contribution >= 4 is 15.7 Å². The molecule has 1 aromatic rings. The molecule has 1 aromatic carbocycles. The molecule has 0 radical (unpaired) electrons. The molecule has 0 amide bonds. The second-order valence-electron chi connectivity index (χ2n) is 5.42. The maximum Gasteiger partial charge on any atom is 0.244 e. The minimum absolute atomic E-state index is 0.232. The van der Waals surface area contributed by atoms with Crippen LogP contribution in [-0.2, 0) is 10.0 Å². The highest BCUT2D eigenvalue weighted by atomic mass is 32.2. The van der Waals surface area contributed by atoms with Crippen LogP contribution in [0.3, 0.4) is 0 Å². The van der Waals surface area contributed by atoms with E-state index in [0.717, 1.165) is 44.2 Å². The number of benzene rings is 1. The van der Waals surface area contributed by atoms with Crippen molar-refractivity contribution in [3.05, 3.63) is 24.0 Å². The Morgan fingerprint density at radius 3 is 2.53 bits per heavy atom. The van der Waals surface area contributed by atoms with Crippen molar-refractivity contribution < 1.29 is 12.8 Å². The Morgan fingerprint density at radius 1 is 1.26 bits per heavy atom. The van der Waals surface area contributed by atoms with Crippen molar-refractivity contribution in [1.29, 1.82) is 0 Å². The van der Waals surface area contributed by atoms with Gasteiger partial charge in [-0.1, -0.05) is 19.3 Å². The zero-order valence-electron chi connectivity index (χ0n) is 10.9. The van der Waals surface area contributed by atoms with Gasteiger partial charge in [0.1, 0.15) is 10.7 Å². The van der Waals surface area contributed by atoms with Crippen LogP contribution in [0.25, 0.3) is 0 Å². The molecule has 0 heterocycles. The van der Waals surface area contributed by atoms with Gasteiger partial charge in [-0.15, -0.1) is 0 Å². The van der Waals surface area contributed by atoms with Crippen LogP contribution in [0, 0.1) is 5.82 Å². The van der Waals surface area contributed by atoms with Gasteiger partial charge in [-0.2, -0.15) is 0 Å². The lowest BCUT2D eigenvalue weighted by atomic mass is 9.84. The van der Waals surface area contributed by atoms with Gasteiger partial charge in [0.15, 0.2) is 0 Å². The molecule has 2 rings (SSSR count). The standard InChI is InChI=1S/C13H19FN2O2S/c1-13(7-3-2-4-8-13)16-19(17,18)12-9-10(15)5-6-11(12)14/h5-6,9,16H,2-4,7-8,15H2,1H3. The van der Waals surface area contributed by atoms with E-state index in [2.05, 4.69) is 4.72 Å². The molecular weight excluding hydrogens is 267 g/mol. The molecule has 1 saturated carbocycles. The molecule has 0 bridgehead atoms. The Balaban J connectivity index is 2.29. The monoisotopic (exact) mass is 286 g/mol. The highest BCUT2D eigenvalue weighted by Gasteiger charge is 2.33. The first-order chi connectivity index (χ1) is 8.82. The fraction of sp³-hybridized carbons (Fsp3) is 0.538. The first kappa shape index (κ1) is 14.3. The van der Waals surface area contributed by atoms with Crippen molar-refractivity contribution in [3.63, 3.8) is 0 Å². The second-order valence-corrected chi connectivity index (χ2v) is 7.07. The number of nitrogen functional groups attached to an aromatic ring is 1. The first-order valence-electron chi connectivity index (χ1n) is 6.41. The summed E-state index contributed by atoms with van der Waals surface area (Å²) in [5.74, 6) is -0.777. The summed E-state index contributed by atoms with van der Waals surface area (Å²) < 4.78 is 40.8. The van der Waals surface area contributed by atoms with Crippen LogP contribution in [0.5, 0.6) is 0 Å². The van der Waals surface area contributed by atoms with E-state index in [9.17, 15) is 12.8 Å². The number of nitrogens with one attached hydrogen (secondary N) is 1. The summed E-state index contributed by atoms with van der Waals surface area (Å²) in [6.07, 6.45) is 4.63. The number of sulfonamides is 1. The zero-order valence-corrected chi connectivity index (χ0v) is 11.8. The third-order valence-electron chi connectivity index (χ3n) is 3.58. The Kier molecular flexibility index (Phi) is 3.82. The van der Waals surface area contributed by atoms with Crippen molar-refractivity contribution in [2.45, 2.75) is 49.5 Å². The Hall–Kier alpha value is -1.14. The molecular formula is C13H19FN2O2S. The number of nitrogens with two attached hydrogens (primary N) is 1. The highest BCUT2D eigenvalue weighted by Crippen LogP contribution is 2.30. The van der Waals surface area contributed by atoms with Crippen LogP contribution in [0.4, 0.5) is 10.1 Å². The second kappa shape index (κ2) is 5.09. The van der Waals surface area contributed by atoms with Crippen LogP contribution in [0.1, 0.15) is 39.0 Å². The van der Waals surface area contributed by atoms with Gasteiger partial charge in [-0.3, -0.25) is 0 Å². The van der Waals surface area contributed by atoms with Gasteiger partial charge in [-0.25, -0.2) is 17.5 Å². The van der Waals surface area contributed by atoms with E-state index in [1.165, 1.54) is 6.07 Å². The summed E-state index contributed by atoms with van der Waals surface area (Å²) in [6.45, 7) is 1.87. The largest absolute Gasteiger partial charge is 0.399 e. The number of anilines is 1. The molecule has 0 spiro atoms. The topological polar surface area (TPSA) is 72.2 Å². The molecule has 0 unspecified atom stereocenters. The SMILES string of the molecule is CC1(NS(=O)(=O)c2cc(N)ccc2F)CCCCC1. The minimum atomic E-state index is -3.88. The third-order valence-corrected chi connectivity index (χ3v) is 5.24. The van der Waals surface area contributed by atoms with E-state index >= 15 is 0 Å². The van der Waals surface area contributed by atoms with Crippen LogP contribution in [0.15, 0.2) is 23.1 Å². The van der Waals surface area contributed by atoms with Gasteiger partial charge in [-0.05, 0) is 38.0 Å². The van der Waals surface area contributed by atoms with Gasteiger partial charge in [0.25, 0.3) is 0 Å². The van der Waals surface area contributed by atoms with Crippen LogP contribution >= 0.6 is 0 Å². The van der Waals surface area contributed by atoms with Crippen molar-refractivity contribution in [1.82, 2.24) is 4.72 Å². The third kappa shape index (κ3) is 3.25. The van der Waals surface area contributed by atoms with Crippen LogP contribution < -0.4 is 10.5 Å². The molecule has 1 aliphatic carbocycles. The highest BCUT2D eigenvalue weighted by molar-refractivity contribution is 7.89. The average Bonchev–Trinajstić information content (AvgIpc) is 2.31. The molecule has 3 N–H and O–H groups in total. The minimum Gasteiger partial charge on any atom is -0.399 e. The average molecular weight is 286 g/mol. The molecule has 0 aliphatic heterocycles. The van der Waals surface area contributed by atoms with E-state index in [1.807, 2.05) is 6.92 Å². The molecule has 0 aromatic heterocycles. The summed E-state index contributed by atoms with van der Waals surface area (Å²) in [5, 5.41) is 0. The quantitative estimate of drug-likeness (QED) is 0.838. The maximum absolute atomic E-state index is 13.7. The Labute approximate surface area is 113 Å². The lowest BCUT2D eigenvalue weighted by Gasteiger charge is -2.34. The number of rotatable bonds is 3. The lowest BCUT2D eigenvalue weighted by molar-refractivity contribution is 0.293. The normalized spacial score (nSPS) is 19.3. The predicted molar refractivity (Wildman–Crippen MR) is 72.6 cm³/mol. The number of hydrogen-bond donors (Lipinski definition) is 2. The molecule has 0 atom stereocenters. The van der Waals surface area contributed by atoms with E-state index in [1.54, 1.807) is 0 Å². The first-order valence-corrected chi connectivity index (χ1v) is 7.90. The van der Waals surface area contributed by atoms with Crippen molar-refractivity contribution in [2.75, 3.05) is 5.73 Å². The van der Waals surface area contributed by atoms with E-state index < -0.39 is 21.4 Å². The van der Waals surface area contributed by atoms with Crippen LogP contribution in [-0.4, -0.2) is 14.0 Å². The summed E-state index contributed by atoms with van der Waals surface area (Å²) in [4.78, 5) is -0.376. The summed E-state index contributed by atoms with van der Waals surface area (Å²) in [7, 11) is -3.88.